The normalized spacial score (nSPS) is 32.8. The molecule has 5 heteroatoms. The van der Waals surface area contributed by atoms with Gasteiger partial charge in [-0.2, -0.15) is 0 Å². The van der Waals surface area contributed by atoms with E-state index in [-0.39, 0.29) is 29.9 Å². The summed E-state index contributed by atoms with van der Waals surface area (Å²) in [4.78, 5) is 25.5. The van der Waals surface area contributed by atoms with Crippen molar-refractivity contribution < 1.29 is 19.1 Å². The number of hydrogen-bond donors (Lipinski definition) is 0. The minimum atomic E-state index is -0.386. The molecular weight excluding hydrogens is 222 g/mol. The predicted octanol–water partition coefficient (Wildman–Crippen LogP) is 0.575. The van der Waals surface area contributed by atoms with E-state index in [1.807, 2.05) is 6.92 Å². The Balaban J connectivity index is 2.01. The molecule has 96 valence electrons. The number of carbonyl (C=O) groups is 2. The highest BCUT2D eigenvalue weighted by molar-refractivity contribution is 5.86. The maximum absolute atomic E-state index is 12.3. The number of ether oxygens (including phenoxy) is 2. The van der Waals surface area contributed by atoms with E-state index in [0.29, 0.717) is 19.6 Å². The van der Waals surface area contributed by atoms with Crippen molar-refractivity contribution in [1.82, 2.24) is 4.90 Å². The minimum Gasteiger partial charge on any atom is -0.467 e. The molecule has 1 amide bonds. The van der Waals surface area contributed by atoms with E-state index in [0.717, 1.165) is 12.8 Å². The molecule has 0 aromatic heterocycles. The molecule has 2 rings (SSSR count). The van der Waals surface area contributed by atoms with Gasteiger partial charge < -0.3 is 14.4 Å². The molecule has 17 heavy (non-hydrogen) atoms. The van der Waals surface area contributed by atoms with Gasteiger partial charge in [0.05, 0.1) is 25.7 Å². The topological polar surface area (TPSA) is 55.8 Å². The maximum Gasteiger partial charge on any atom is 0.328 e. The standard InChI is InChI=1S/C12H19NO4/c1-8-6-9(7-17-8)11(14)13-5-3-4-10(13)12(15)16-2/h8-10H,3-7H2,1-2H3. The van der Waals surface area contributed by atoms with E-state index < -0.39 is 0 Å². The first kappa shape index (κ1) is 12.4. The first-order valence-electron chi connectivity index (χ1n) is 6.13. The zero-order chi connectivity index (χ0) is 12.4. The number of methoxy groups -OCH3 is 1. The molecule has 0 radical (unpaired) electrons. The van der Waals surface area contributed by atoms with Crippen LogP contribution >= 0.6 is 0 Å². The third-order valence-corrected chi connectivity index (χ3v) is 3.56. The van der Waals surface area contributed by atoms with Gasteiger partial charge >= 0.3 is 5.97 Å². The van der Waals surface area contributed by atoms with Crippen LogP contribution in [0.5, 0.6) is 0 Å². The fraction of sp³-hybridized carbons (Fsp3) is 0.833. The summed E-state index contributed by atoms with van der Waals surface area (Å²) >= 11 is 0. The number of nitrogens with zero attached hydrogens (tertiary/aromatic N) is 1. The molecule has 3 unspecified atom stereocenters. The largest absolute Gasteiger partial charge is 0.467 e. The second-order valence-electron chi connectivity index (χ2n) is 4.79. The van der Waals surface area contributed by atoms with E-state index >= 15 is 0 Å². The van der Waals surface area contributed by atoms with E-state index in [1.54, 1.807) is 4.90 Å². The molecule has 2 saturated heterocycles. The molecule has 0 aromatic carbocycles. The van der Waals surface area contributed by atoms with Gasteiger partial charge in [0.1, 0.15) is 6.04 Å². The van der Waals surface area contributed by atoms with Gasteiger partial charge in [-0.05, 0) is 26.2 Å². The zero-order valence-electron chi connectivity index (χ0n) is 10.3. The van der Waals surface area contributed by atoms with Gasteiger partial charge in [0.2, 0.25) is 5.91 Å². The fourth-order valence-electron chi connectivity index (χ4n) is 2.64. The Morgan fingerprint density at radius 1 is 1.41 bits per heavy atom. The SMILES string of the molecule is COC(=O)C1CCCN1C(=O)C1COC(C)C1. The van der Waals surface area contributed by atoms with Crippen molar-refractivity contribution in [2.45, 2.75) is 38.3 Å². The Bertz CT molecular complexity index is 318. The summed E-state index contributed by atoms with van der Waals surface area (Å²) in [6.45, 7) is 3.10. The van der Waals surface area contributed by atoms with E-state index in [4.69, 9.17) is 9.47 Å². The Labute approximate surface area is 101 Å². The van der Waals surface area contributed by atoms with Gasteiger partial charge in [-0.15, -0.1) is 0 Å². The van der Waals surface area contributed by atoms with Crippen molar-refractivity contribution in [1.29, 1.82) is 0 Å². The van der Waals surface area contributed by atoms with E-state index in [2.05, 4.69) is 0 Å². The summed E-state index contributed by atoms with van der Waals surface area (Å²) in [5.41, 5.74) is 0. The fourth-order valence-corrected chi connectivity index (χ4v) is 2.64. The second-order valence-corrected chi connectivity index (χ2v) is 4.79. The molecule has 0 aromatic rings. The van der Waals surface area contributed by atoms with Crippen LogP contribution in [0.3, 0.4) is 0 Å². The number of hydrogen-bond acceptors (Lipinski definition) is 4. The summed E-state index contributed by atoms with van der Waals surface area (Å²) < 4.78 is 10.1. The van der Waals surface area contributed by atoms with Crippen LogP contribution in [0.25, 0.3) is 0 Å². The van der Waals surface area contributed by atoms with Gasteiger partial charge in [0, 0.05) is 6.54 Å². The maximum atomic E-state index is 12.3. The van der Waals surface area contributed by atoms with Gasteiger partial charge in [-0.3, -0.25) is 4.79 Å². The first-order valence-corrected chi connectivity index (χ1v) is 6.13. The van der Waals surface area contributed by atoms with Gasteiger partial charge in [0.25, 0.3) is 0 Å². The summed E-state index contributed by atoms with van der Waals surface area (Å²) in [6.07, 6.45) is 2.47. The lowest BCUT2D eigenvalue weighted by Gasteiger charge is -2.25. The van der Waals surface area contributed by atoms with Crippen LogP contribution in [0.1, 0.15) is 26.2 Å². The van der Waals surface area contributed by atoms with Crippen molar-refractivity contribution in [2.24, 2.45) is 5.92 Å². The van der Waals surface area contributed by atoms with Crippen molar-refractivity contribution in [3.63, 3.8) is 0 Å². The quantitative estimate of drug-likeness (QED) is 0.663. The smallest absolute Gasteiger partial charge is 0.328 e. The highest BCUT2D eigenvalue weighted by Crippen LogP contribution is 2.26. The molecule has 2 fully saturated rings. The molecule has 2 aliphatic rings. The molecule has 5 nitrogen and oxygen atoms in total. The number of carbonyl (C=O) groups excluding carboxylic acids is 2. The Morgan fingerprint density at radius 3 is 2.76 bits per heavy atom. The van der Waals surface area contributed by atoms with E-state index in [9.17, 15) is 9.59 Å². The molecule has 0 spiro atoms. The number of amides is 1. The summed E-state index contributed by atoms with van der Waals surface area (Å²) in [6, 6.07) is -0.386. The van der Waals surface area contributed by atoms with E-state index in [1.165, 1.54) is 7.11 Å². The average molecular weight is 241 g/mol. The van der Waals surface area contributed by atoms with Crippen LogP contribution < -0.4 is 0 Å². The molecule has 0 N–H and O–H groups in total. The molecule has 2 aliphatic heterocycles. The van der Waals surface area contributed by atoms with Crippen molar-refractivity contribution in [3.8, 4) is 0 Å². The molecule has 0 aliphatic carbocycles. The number of esters is 1. The summed E-state index contributed by atoms with van der Waals surface area (Å²) in [5, 5.41) is 0. The van der Waals surface area contributed by atoms with Crippen LogP contribution in [-0.2, 0) is 19.1 Å². The molecule has 2 heterocycles. The summed E-state index contributed by atoms with van der Waals surface area (Å²) in [7, 11) is 1.37. The zero-order valence-corrected chi connectivity index (χ0v) is 10.3. The van der Waals surface area contributed by atoms with Crippen LogP contribution in [-0.4, -0.2) is 49.2 Å². The van der Waals surface area contributed by atoms with Crippen LogP contribution in [0.4, 0.5) is 0 Å². The monoisotopic (exact) mass is 241 g/mol. The van der Waals surface area contributed by atoms with Crippen molar-refractivity contribution in [3.05, 3.63) is 0 Å². The highest BCUT2D eigenvalue weighted by Gasteiger charge is 2.39. The van der Waals surface area contributed by atoms with Crippen LogP contribution in [0, 0.1) is 5.92 Å². The number of likely N-dealkylation sites (tertiary alicyclic amines) is 1. The van der Waals surface area contributed by atoms with Crippen molar-refractivity contribution >= 4 is 11.9 Å². The van der Waals surface area contributed by atoms with Crippen LogP contribution in [0.15, 0.2) is 0 Å². The molecule has 3 atom stereocenters. The summed E-state index contributed by atoms with van der Waals surface area (Å²) in [5.74, 6) is -0.347. The highest BCUT2D eigenvalue weighted by atomic mass is 16.5. The Hall–Kier alpha value is -1.10. The lowest BCUT2D eigenvalue weighted by atomic mass is 10.0. The second kappa shape index (κ2) is 5.04. The Kier molecular flexibility index (Phi) is 3.66. The van der Waals surface area contributed by atoms with Gasteiger partial charge in [0.15, 0.2) is 0 Å². The molecule has 0 saturated carbocycles. The molecule has 0 bridgehead atoms. The van der Waals surface area contributed by atoms with Crippen LogP contribution in [0.2, 0.25) is 0 Å². The average Bonchev–Trinajstić information content (AvgIpc) is 2.95. The minimum absolute atomic E-state index is 0.0438. The predicted molar refractivity (Wildman–Crippen MR) is 60.3 cm³/mol. The lowest BCUT2D eigenvalue weighted by Crippen LogP contribution is -2.44. The third-order valence-electron chi connectivity index (χ3n) is 3.56. The van der Waals surface area contributed by atoms with Gasteiger partial charge in [-0.25, -0.2) is 4.79 Å². The Morgan fingerprint density at radius 2 is 2.18 bits per heavy atom. The third kappa shape index (κ3) is 2.44. The van der Waals surface area contributed by atoms with Crippen molar-refractivity contribution in [2.75, 3.05) is 20.3 Å². The first-order chi connectivity index (χ1) is 8.13. The lowest BCUT2D eigenvalue weighted by molar-refractivity contribution is -0.152. The number of rotatable bonds is 2. The van der Waals surface area contributed by atoms with Gasteiger partial charge in [-0.1, -0.05) is 0 Å². The molecular formula is C12H19NO4.